The van der Waals surface area contributed by atoms with E-state index in [1.165, 1.54) is 0 Å². The molecule has 0 fully saturated rings. The second-order valence-electron chi connectivity index (χ2n) is 4.24. The Hall–Kier alpha value is -1.52. The second kappa shape index (κ2) is 5.23. The van der Waals surface area contributed by atoms with E-state index in [4.69, 9.17) is 4.98 Å². The lowest BCUT2D eigenvalue weighted by atomic mass is 10.1. The molecule has 0 amide bonds. The molecule has 1 aromatic carbocycles. The molecule has 0 saturated carbocycles. The zero-order valence-electron chi connectivity index (χ0n) is 10.3. The largest absolute Gasteiger partial charge is 0.264 e. The summed E-state index contributed by atoms with van der Waals surface area (Å²) in [5, 5.41) is 3.14. The van der Waals surface area contributed by atoms with E-state index >= 15 is 0 Å². The third-order valence-corrected chi connectivity index (χ3v) is 4.30. The maximum atomic E-state index is 4.72. The number of benzene rings is 1. The minimum Gasteiger partial charge on any atom is -0.264 e. The number of halogens is 1. The maximum Gasteiger partial charge on any atom is 0.124 e. The van der Waals surface area contributed by atoms with Gasteiger partial charge in [-0.2, -0.15) is 0 Å². The van der Waals surface area contributed by atoms with Gasteiger partial charge in [0.05, 0.1) is 5.69 Å². The van der Waals surface area contributed by atoms with E-state index in [0.717, 1.165) is 31.9 Å². The van der Waals surface area contributed by atoms with Crippen LogP contribution in [-0.4, -0.2) is 9.97 Å². The van der Waals surface area contributed by atoms with E-state index in [2.05, 4.69) is 45.4 Å². The molecule has 2 aromatic heterocycles. The number of hydrogen-bond donors (Lipinski definition) is 0. The Kier molecular flexibility index (Phi) is 3.44. The van der Waals surface area contributed by atoms with E-state index in [1.807, 2.05) is 30.6 Å². The van der Waals surface area contributed by atoms with Crippen molar-refractivity contribution in [1.29, 1.82) is 0 Å². The van der Waals surface area contributed by atoms with Crippen molar-refractivity contribution in [2.24, 2.45) is 0 Å². The molecular weight excluding hydrogens is 320 g/mol. The highest BCUT2D eigenvalue weighted by atomic mass is 79.9. The summed E-state index contributed by atoms with van der Waals surface area (Å²) in [6.45, 7) is 2.06. The van der Waals surface area contributed by atoms with Gasteiger partial charge in [0, 0.05) is 33.4 Å². The Balaban J connectivity index is 2.00. The lowest BCUT2D eigenvalue weighted by molar-refractivity contribution is 1.26. The van der Waals surface area contributed by atoms with Crippen molar-refractivity contribution in [2.75, 3.05) is 0 Å². The minimum absolute atomic E-state index is 1.02. The van der Waals surface area contributed by atoms with Gasteiger partial charge in [-0.15, -0.1) is 11.3 Å². The first kappa shape index (κ1) is 12.5. The predicted octanol–water partition coefficient (Wildman–Crippen LogP) is 4.94. The quantitative estimate of drug-likeness (QED) is 0.664. The fraction of sp³-hybridized carbons (Fsp3) is 0.0667. The second-order valence-corrected chi connectivity index (χ2v) is 6.01. The van der Waals surface area contributed by atoms with Gasteiger partial charge in [0.1, 0.15) is 5.01 Å². The summed E-state index contributed by atoms with van der Waals surface area (Å²) in [6.07, 6.45) is 3.68. The number of rotatable bonds is 2. The van der Waals surface area contributed by atoms with Crippen LogP contribution in [0.4, 0.5) is 0 Å². The van der Waals surface area contributed by atoms with Crippen molar-refractivity contribution in [3.8, 4) is 21.8 Å². The molecule has 94 valence electrons. The van der Waals surface area contributed by atoms with E-state index in [-0.39, 0.29) is 0 Å². The monoisotopic (exact) mass is 330 g/mol. The van der Waals surface area contributed by atoms with Gasteiger partial charge in [0.25, 0.3) is 0 Å². The molecule has 2 heterocycles. The molecule has 0 bridgehead atoms. The molecule has 19 heavy (non-hydrogen) atoms. The van der Waals surface area contributed by atoms with Crippen LogP contribution in [0.3, 0.4) is 0 Å². The standard InChI is InChI=1S/C15H11BrN2S/c1-10-8-17-7-6-13(10)15-18-14(9-19-15)11-2-4-12(16)5-3-11/h2-9H,1H3. The zero-order chi connectivity index (χ0) is 13.2. The number of hydrogen-bond acceptors (Lipinski definition) is 3. The molecule has 0 saturated heterocycles. The molecule has 4 heteroatoms. The summed E-state index contributed by atoms with van der Waals surface area (Å²) >= 11 is 5.11. The van der Waals surface area contributed by atoms with E-state index in [0.29, 0.717) is 0 Å². The predicted molar refractivity (Wildman–Crippen MR) is 83.2 cm³/mol. The molecule has 0 N–H and O–H groups in total. The van der Waals surface area contributed by atoms with Gasteiger partial charge in [-0.3, -0.25) is 4.98 Å². The number of aryl methyl sites for hydroxylation is 1. The van der Waals surface area contributed by atoms with Crippen molar-refractivity contribution in [2.45, 2.75) is 6.92 Å². The van der Waals surface area contributed by atoms with Crippen LogP contribution in [-0.2, 0) is 0 Å². The van der Waals surface area contributed by atoms with Crippen LogP contribution < -0.4 is 0 Å². The van der Waals surface area contributed by atoms with E-state index in [1.54, 1.807) is 11.3 Å². The first-order chi connectivity index (χ1) is 9.24. The molecule has 3 rings (SSSR count). The molecule has 0 aliphatic rings. The van der Waals surface area contributed by atoms with Gasteiger partial charge in [-0.05, 0) is 30.7 Å². The fourth-order valence-corrected chi connectivity index (χ4v) is 3.05. The van der Waals surface area contributed by atoms with Gasteiger partial charge in [-0.25, -0.2) is 4.98 Å². The third-order valence-electron chi connectivity index (χ3n) is 2.89. The number of thiazole rings is 1. The van der Waals surface area contributed by atoms with Crippen LogP contribution in [0, 0.1) is 6.92 Å². The summed E-state index contributed by atoms with van der Waals surface area (Å²) in [6, 6.07) is 10.2. The van der Waals surface area contributed by atoms with Gasteiger partial charge in [-0.1, -0.05) is 28.1 Å². The highest BCUT2D eigenvalue weighted by Crippen LogP contribution is 2.30. The number of aromatic nitrogens is 2. The maximum absolute atomic E-state index is 4.72. The van der Waals surface area contributed by atoms with Crippen molar-refractivity contribution in [3.63, 3.8) is 0 Å². The Bertz CT molecular complexity index is 704. The molecular formula is C15H11BrN2S. The van der Waals surface area contributed by atoms with Crippen LogP contribution in [0.25, 0.3) is 21.8 Å². The molecule has 0 radical (unpaired) electrons. The average Bonchev–Trinajstić information content (AvgIpc) is 2.89. The minimum atomic E-state index is 1.02. The summed E-state index contributed by atoms with van der Waals surface area (Å²) in [5.41, 5.74) is 4.46. The fourth-order valence-electron chi connectivity index (χ4n) is 1.86. The smallest absolute Gasteiger partial charge is 0.124 e. The number of nitrogens with zero attached hydrogens (tertiary/aromatic N) is 2. The van der Waals surface area contributed by atoms with E-state index in [9.17, 15) is 0 Å². The van der Waals surface area contributed by atoms with Gasteiger partial charge in [0.2, 0.25) is 0 Å². The van der Waals surface area contributed by atoms with Gasteiger partial charge >= 0.3 is 0 Å². The summed E-state index contributed by atoms with van der Waals surface area (Å²) in [5.74, 6) is 0. The Morgan fingerprint density at radius 3 is 2.63 bits per heavy atom. The normalized spacial score (nSPS) is 10.6. The first-order valence-electron chi connectivity index (χ1n) is 5.86. The topological polar surface area (TPSA) is 25.8 Å². The summed E-state index contributed by atoms with van der Waals surface area (Å²) in [7, 11) is 0. The molecule has 3 aromatic rings. The average molecular weight is 331 g/mol. The Labute approximate surface area is 124 Å². The van der Waals surface area contributed by atoms with Crippen LogP contribution >= 0.6 is 27.3 Å². The van der Waals surface area contributed by atoms with E-state index < -0.39 is 0 Å². The lowest BCUT2D eigenvalue weighted by Crippen LogP contribution is -1.84. The SMILES string of the molecule is Cc1cnccc1-c1nc(-c2ccc(Br)cc2)cs1. The van der Waals surface area contributed by atoms with Gasteiger partial charge < -0.3 is 0 Å². The molecule has 0 unspecified atom stereocenters. The van der Waals surface area contributed by atoms with Crippen LogP contribution in [0.1, 0.15) is 5.56 Å². The Morgan fingerprint density at radius 2 is 1.89 bits per heavy atom. The van der Waals surface area contributed by atoms with Crippen molar-refractivity contribution < 1.29 is 0 Å². The summed E-state index contributed by atoms with van der Waals surface area (Å²) < 4.78 is 1.08. The lowest BCUT2D eigenvalue weighted by Gasteiger charge is -2.00. The van der Waals surface area contributed by atoms with Crippen LogP contribution in [0.15, 0.2) is 52.6 Å². The first-order valence-corrected chi connectivity index (χ1v) is 7.54. The molecule has 0 aliphatic heterocycles. The zero-order valence-corrected chi connectivity index (χ0v) is 12.7. The van der Waals surface area contributed by atoms with Crippen LogP contribution in [0.2, 0.25) is 0 Å². The van der Waals surface area contributed by atoms with Crippen LogP contribution in [0.5, 0.6) is 0 Å². The Morgan fingerprint density at radius 1 is 1.11 bits per heavy atom. The number of pyridine rings is 1. The molecule has 0 spiro atoms. The van der Waals surface area contributed by atoms with Crippen molar-refractivity contribution in [3.05, 3.63) is 58.1 Å². The van der Waals surface area contributed by atoms with Gasteiger partial charge in [0.15, 0.2) is 0 Å². The summed E-state index contributed by atoms with van der Waals surface area (Å²) in [4.78, 5) is 8.83. The third kappa shape index (κ3) is 2.60. The highest BCUT2D eigenvalue weighted by Gasteiger charge is 2.08. The highest BCUT2D eigenvalue weighted by molar-refractivity contribution is 9.10. The molecule has 0 atom stereocenters. The molecule has 0 aliphatic carbocycles. The molecule has 2 nitrogen and oxygen atoms in total. The van der Waals surface area contributed by atoms with Crippen molar-refractivity contribution in [1.82, 2.24) is 9.97 Å². The van der Waals surface area contributed by atoms with Crippen molar-refractivity contribution >= 4 is 27.3 Å².